The summed E-state index contributed by atoms with van der Waals surface area (Å²) in [5.41, 5.74) is 8.97. The Morgan fingerprint density at radius 3 is 1.65 bits per heavy atom. The summed E-state index contributed by atoms with van der Waals surface area (Å²) in [5.74, 6) is 0. The van der Waals surface area contributed by atoms with Crippen molar-refractivity contribution in [2.75, 3.05) is 5.48 Å². The van der Waals surface area contributed by atoms with Crippen LogP contribution in [0.5, 0.6) is 0 Å². The zero-order chi connectivity index (χ0) is 15.5. The van der Waals surface area contributed by atoms with Crippen LogP contribution < -0.4 is 5.48 Å². The van der Waals surface area contributed by atoms with Crippen LogP contribution in [0.1, 0.15) is 12.8 Å². The second kappa shape index (κ2) is 6.27. The molecule has 3 aromatic carbocycles. The summed E-state index contributed by atoms with van der Waals surface area (Å²) in [6.45, 7) is 0. The van der Waals surface area contributed by atoms with E-state index in [0.717, 1.165) is 29.7 Å². The molecular formula is C21H19NO. The van der Waals surface area contributed by atoms with Gasteiger partial charge < -0.3 is 0 Å². The van der Waals surface area contributed by atoms with Crippen LogP contribution in [0.15, 0.2) is 78.9 Å². The van der Waals surface area contributed by atoms with Gasteiger partial charge in [-0.25, -0.2) is 0 Å². The Bertz CT molecular complexity index is 722. The van der Waals surface area contributed by atoms with Gasteiger partial charge in [-0.05, 0) is 24.0 Å². The van der Waals surface area contributed by atoms with Crippen LogP contribution in [0.25, 0.3) is 22.3 Å². The second-order valence-electron chi connectivity index (χ2n) is 5.88. The van der Waals surface area contributed by atoms with Gasteiger partial charge in [-0.2, -0.15) is 0 Å². The van der Waals surface area contributed by atoms with Crippen molar-refractivity contribution >= 4 is 5.69 Å². The van der Waals surface area contributed by atoms with Crippen molar-refractivity contribution in [1.82, 2.24) is 0 Å². The first-order valence-corrected chi connectivity index (χ1v) is 8.07. The van der Waals surface area contributed by atoms with E-state index >= 15 is 0 Å². The molecule has 0 bridgehead atoms. The number of benzene rings is 3. The minimum absolute atomic E-state index is 0.349. The highest BCUT2D eigenvalue weighted by Crippen LogP contribution is 2.38. The van der Waals surface area contributed by atoms with Crippen LogP contribution in [-0.2, 0) is 4.84 Å². The first-order valence-electron chi connectivity index (χ1n) is 8.07. The summed E-state index contributed by atoms with van der Waals surface area (Å²) in [6, 6.07) is 27.3. The fraction of sp³-hybridized carbons (Fsp3) is 0.143. The Morgan fingerprint density at radius 2 is 1.17 bits per heavy atom. The Labute approximate surface area is 136 Å². The maximum atomic E-state index is 5.81. The molecule has 0 unspecified atom stereocenters. The number of para-hydroxylation sites is 1. The largest absolute Gasteiger partial charge is 0.273 e. The smallest absolute Gasteiger partial charge is 0.0855 e. The number of nitrogens with one attached hydrogen (secondary N) is 1. The molecule has 1 fully saturated rings. The fourth-order valence-corrected chi connectivity index (χ4v) is 2.71. The van der Waals surface area contributed by atoms with Crippen molar-refractivity contribution in [3.8, 4) is 22.3 Å². The van der Waals surface area contributed by atoms with Crippen LogP contribution in [-0.4, -0.2) is 6.10 Å². The van der Waals surface area contributed by atoms with Crippen molar-refractivity contribution in [3.05, 3.63) is 78.9 Å². The molecule has 1 saturated carbocycles. The van der Waals surface area contributed by atoms with Gasteiger partial charge in [-0.15, -0.1) is 0 Å². The Balaban J connectivity index is 1.81. The summed E-state index contributed by atoms with van der Waals surface area (Å²) in [7, 11) is 0. The van der Waals surface area contributed by atoms with Gasteiger partial charge in [-0.3, -0.25) is 10.3 Å². The van der Waals surface area contributed by atoms with Crippen molar-refractivity contribution < 1.29 is 4.84 Å². The number of hydrogen-bond acceptors (Lipinski definition) is 2. The normalized spacial score (nSPS) is 13.7. The van der Waals surface area contributed by atoms with Crippen LogP contribution in [0, 0.1) is 0 Å². The van der Waals surface area contributed by atoms with E-state index in [9.17, 15) is 0 Å². The quantitative estimate of drug-likeness (QED) is 0.626. The molecule has 0 spiro atoms. The predicted octanol–water partition coefficient (Wildman–Crippen LogP) is 5.53. The molecule has 0 atom stereocenters. The van der Waals surface area contributed by atoms with Crippen LogP contribution in [0.3, 0.4) is 0 Å². The molecule has 0 aliphatic heterocycles. The molecule has 0 radical (unpaired) electrons. The third kappa shape index (κ3) is 3.13. The highest BCUT2D eigenvalue weighted by atomic mass is 16.7. The molecule has 1 N–H and O–H groups in total. The number of rotatable bonds is 5. The molecule has 114 valence electrons. The first kappa shape index (κ1) is 14.0. The molecule has 2 heteroatoms. The topological polar surface area (TPSA) is 21.3 Å². The van der Waals surface area contributed by atoms with Gasteiger partial charge in [0.25, 0.3) is 0 Å². The van der Waals surface area contributed by atoms with Crippen molar-refractivity contribution in [3.63, 3.8) is 0 Å². The van der Waals surface area contributed by atoms with E-state index in [1.165, 1.54) is 11.1 Å². The molecule has 0 aromatic heterocycles. The zero-order valence-corrected chi connectivity index (χ0v) is 12.9. The summed E-state index contributed by atoms with van der Waals surface area (Å²) < 4.78 is 0. The van der Waals surface area contributed by atoms with E-state index in [-0.39, 0.29) is 0 Å². The molecule has 3 aromatic rings. The second-order valence-corrected chi connectivity index (χ2v) is 5.88. The van der Waals surface area contributed by atoms with E-state index in [0.29, 0.717) is 6.10 Å². The molecule has 1 aliphatic rings. The number of hydrogen-bond donors (Lipinski definition) is 1. The van der Waals surface area contributed by atoms with Gasteiger partial charge in [0.2, 0.25) is 0 Å². The highest BCUT2D eigenvalue weighted by molar-refractivity contribution is 5.89. The van der Waals surface area contributed by atoms with Crippen LogP contribution in [0.4, 0.5) is 5.69 Å². The number of anilines is 1. The van der Waals surface area contributed by atoms with Gasteiger partial charge in [0.1, 0.15) is 0 Å². The predicted molar refractivity (Wildman–Crippen MR) is 95.0 cm³/mol. The van der Waals surface area contributed by atoms with Gasteiger partial charge in [0, 0.05) is 11.1 Å². The van der Waals surface area contributed by atoms with Crippen molar-refractivity contribution in [1.29, 1.82) is 0 Å². The molecular weight excluding hydrogens is 282 g/mol. The maximum Gasteiger partial charge on any atom is 0.0855 e. The lowest BCUT2D eigenvalue weighted by atomic mass is 9.96. The van der Waals surface area contributed by atoms with E-state index in [1.807, 2.05) is 12.1 Å². The molecule has 23 heavy (non-hydrogen) atoms. The summed E-state index contributed by atoms with van der Waals surface area (Å²) in [5, 5.41) is 0. The van der Waals surface area contributed by atoms with E-state index in [2.05, 4.69) is 72.2 Å². The van der Waals surface area contributed by atoms with Crippen molar-refractivity contribution in [2.24, 2.45) is 0 Å². The molecule has 4 rings (SSSR count). The van der Waals surface area contributed by atoms with Gasteiger partial charge in [0.15, 0.2) is 0 Å². The molecule has 2 nitrogen and oxygen atoms in total. The SMILES string of the molecule is c1ccc(-c2cccc(-c3ccccc3)c2NOC2CC2)cc1. The monoisotopic (exact) mass is 301 g/mol. The Morgan fingerprint density at radius 1 is 0.652 bits per heavy atom. The van der Waals surface area contributed by atoms with E-state index in [4.69, 9.17) is 4.84 Å². The van der Waals surface area contributed by atoms with Gasteiger partial charge in [-0.1, -0.05) is 78.9 Å². The summed E-state index contributed by atoms with van der Waals surface area (Å²) in [4.78, 5) is 5.81. The molecule has 0 amide bonds. The Hall–Kier alpha value is -2.58. The fourth-order valence-electron chi connectivity index (χ4n) is 2.71. The lowest BCUT2D eigenvalue weighted by Crippen LogP contribution is -2.05. The first-order chi connectivity index (χ1) is 11.4. The standard InChI is InChI=1S/C21H19NO/c1-3-8-16(9-4-1)19-12-7-13-20(17-10-5-2-6-11-17)21(19)22-23-18-14-15-18/h1-13,18,22H,14-15H2. The maximum absolute atomic E-state index is 5.81. The minimum Gasteiger partial charge on any atom is -0.273 e. The van der Waals surface area contributed by atoms with Gasteiger partial charge >= 0.3 is 0 Å². The highest BCUT2D eigenvalue weighted by Gasteiger charge is 2.24. The summed E-state index contributed by atoms with van der Waals surface area (Å²) >= 11 is 0. The van der Waals surface area contributed by atoms with Crippen LogP contribution >= 0.6 is 0 Å². The van der Waals surface area contributed by atoms with Crippen LogP contribution in [0.2, 0.25) is 0 Å². The van der Waals surface area contributed by atoms with E-state index in [1.54, 1.807) is 0 Å². The third-order valence-corrected chi connectivity index (χ3v) is 4.09. The Kier molecular flexibility index (Phi) is 3.83. The minimum atomic E-state index is 0.349. The zero-order valence-electron chi connectivity index (χ0n) is 12.9. The third-order valence-electron chi connectivity index (χ3n) is 4.09. The van der Waals surface area contributed by atoms with E-state index < -0.39 is 0 Å². The van der Waals surface area contributed by atoms with Gasteiger partial charge in [0.05, 0.1) is 11.8 Å². The molecule has 0 heterocycles. The average Bonchev–Trinajstić information content (AvgIpc) is 3.45. The lowest BCUT2D eigenvalue weighted by molar-refractivity contribution is 0.179. The van der Waals surface area contributed by atoms with Crippen molar-refractivity contribution in [2.45, 2.75) is 18.9 Å². The molecule has 0 saturated heterocycles. The summed E-state index contributed by atoms with van der Waals surface area (Å²) in [6.07, 6.45) is 2.63. The average molecular weight is 301 g/mol. The molecule has 1 aliphatic carbocycles. The lowest BCUT2D eigenvalue weighted by Gasteiger charge is -2.17.